The molecule has 4 nitrogen and oxygen atoms in total. The highest BCUT2D eigenvalue weighted by Gasteiger charge is 2.33. The summed E-state index contributed by atoms with van der Waals surface area (Å²) in [6.07, 6.45) is 2.00. The minimum atomic E-state index is 0. The zero-order valence-corrected chi connectivity index (χ0v) is 16.5. The van der Waals surface area contributed by atoms with Crippen molar-refractivity contribution in [1.82, 2.24) is 10.2 Å². The molecule has 0 bridgehead atoms. The molecule has 2 aliphatic rings. The molecule has 2 fully saturated rings. The van der Waals surface area contributed by atoms with Gasteiger partial charge in [-0.15, -0.1) is 24.8 Å². The molecule has 0 aromatic heterocycles. The second kappa shape index (κ2) is 10.3. The van der Waals surface area contributed by atoms with Gasteiger partial charge in [-0.05, 0) is 30.9 Å². The van der Waals surface area contributed by atoms with Gasteiger partial charge in [0.05, 0.1) is 5.02 Å². The van der Waals surface area contributed by atoms with Gasteiger partial charge in [0, 0.05) is 56.0 Å². The van der Waals surface area contributed by atoms with Crippen LogP contribution in [0.15, 0.2) is 12.1 Å². The molecule has 2 aliphatic heterocycles. The Kier molecular flexibility index (Phi) is 9.46. The number of nitrogens with one attached hydrogen (secondary N) is 1. The zero-order chi connectivity index (χ0) is 15.5. The molecule has 0 aliphatic carbocycles. The Morgan fingerprint density at radius 3 is 2.38 bits per heavy atom. The summed E-state index contributed by atoms with van der Waals surface area (Å²) in [4.78, 5) is 2.44. The molecule has 0 unspecified atom stereocenters. The van der Waals surface area contributed by atoms with Gasteiger partial charge < -0.3 is 15.2 Å². The molecule has 2 heterocycles. The lowest BCUT2D eigenvalue weighted by Crippen LogP contribution is -2.47. The van der Waals surface area contributed by atoms with Crippen LogP contribution in [0, 0.1) is 5.92 Å². The highest BCUT2D eigenvalue weighted by molar-refractivity contribution is 6.35. The SMILES string of the molecule is Cl.Cl.Oc1c(Cl)cc(Cl)cc1[C@H](C1CCOCC1)N1CCNCC1. The molecule has 1 aromatic rings. The predicted molar refractivity (Wildman–Crippen MR) is 103 cm³/mol. The summed E-state index contributed by atoms with van der Waals surface area (Å²) in [5.74, 6) is 0.619. The molecule has 0 saturated carbocycles. The van der Waals surface area contributed by atoms with Crippen LogP contribution in [0.5, 0.6) is 5.75 Å². The number of phenolic OH excluding ortho intramolecular Hbond substituents is 1. The Morgan fingerprint density at radius 2 is 1.75 bits per heavy atom. The van der Waals surface area contributed by atoms with Crippen LogP contribution in [0.1, 0.15) is 24.4 Å². The van der Waals surface area contributed by atoms with E-state index in [1.54, 1.807) is 6.07 Å². The van der Waals surface area contributed by atoms with Gasteiger partial charge in [-0.3, -0.25) is 4.90 Å². The van der Waals surface area contributed by atoms with Crippen molar-refractivity contribution in [3.05, 3.63) is 27.7 Å². The van der Waals surface area contributed by atoms with Crippen molar-refractivity contribution in [3.8, 4) is 5.75 Å². The van der Waals surface area contributed by atoms with Crippen LogP contribution in [-0.2, 0) is 4.74 Å². The summed E-state index contributed by atoms with van der Waals surface area (Å²) in [7, 11) is 0. The number of rotatable bonds is 3. The minimum Gasteiger partial charge on any atom is -0.506 e. The largest absolute Gasteiger partial charge is 0.506 e. The van der Waals surface area contributed by atoms with Gasteiger partial charge in [-0.2, -0.15) is 0 Å². The smallest absolute Gasteiger partial charge is 0.139 e. The van der Waals surface area contributed by atoms with E-state index in [1.165, 1.54) is 0 Å². The normalized spacial score (nSPS) is 20.8. The number of ether oxygens (including phenoxy) is 1. The highest BCUT2D eigenvalue weighted by Crippen LogP contribution is 2.43. The van der Waals surface area contributed by atoms with Crippen LogP contribution in [0.2, 0.25) is 10.0 Å². The molecule has 1 aromatic carbocycles. The van der Waals surface area contributed by atoms with E-state index >= 15 is 0 Å². The maximum atomic E-state index is 10.5. The van der Waals surface area contributed by atoms with Gasteiger partial charge in [-0.25, -0.2) is 0 Å². The number of hydrogen-bond acceptors (Lipinski definition) is 4. The number of aromatic hydroxyl groups is 1. The fourth-order valence-electron chi connectivity index (χ4n) is 3.55. The number of halogens is 4. The van der Waals surface area contributed by atoms with Crippen molar-refractivity contribution in [2.45, 2.75) is 18.9 Å². The van der Waals surface area contributed by atoms with E-state index in [2.05, 4.69) is 10.2 Å². The molecule has 138 valence electrons. The summed E-state index contributed by atoms with van der Waals surface area (Å²) >= 11 is 12.3. The fraction of sp³-hybridized carbons (Fsp3) is 0.625. The predicted octanol–water partition coefficient (Wildman–Crippen LogP) is 3.92. The van der Waals surface area contributed by atoms with Gasteiger partial charge in [0.25, 0.3) is 0 Å². The first kappa shape index (κ1) is 22.1. The van der Waals surface area contributed by atoms with E-state index in [4.69, 9.17) is 27.9 Å². The highest BCUT2D eigenvalue weighted by atomic mass is 35.5. The van der Waals surface area contributed by atoms with Gasteiger partial charge >= 0.3 is 0 Å². The third-order valence-electron chi connectivity index (χ3n) is 4.63. The van der Waals surface area contributed by atoms with E-state index < -0.39 is 0 Å². The molecule has 2 N–H and O–H groups in total. The third kappa shape index (κ3) is 5.04. The summed E-state index contributed by atoms with van der Waals surface area (Å²) in [5, 5.41) is 14.8. The van der Waals surface area contributed by atoms with E-state index in [1.807, 2.05) is 6.07 Å². The van der Waals surface area contributed by atoms with Crippen LogP contribution >= 0.6 is 48.0 Å². The molecule has 0 spiro atoms. The standard InChI is InChI=1S/C16H22Cl2N2O2.2ClH/c17-12-9-13(16(21)14(18)10-12)15(11-1-7-22-8-2-11)20-5-3-19-4-6-20;;/h9-11,15,19,21H,1-8H2;2*1H/t15-;;/m0../s1. The summed E-state index contributed by atoms with van der Waals surface area (Å²) < 4.78 is 5.51. The van der Waals surface area contributed by atoms with Gasteiger partial charge in [-0.1, -0.05) is 23.2 Å². The molecule has 24 heavy (non-hydrogen) atoms. The number of phenols is 1. The number of benzene rings is 1. The van der Waals surface area contributed by atoms with E-state index in [9.17, 15) is 5.11 Å². The van der Waals surface area contributed by atoms with Crippen molar-refractivity contribution < 1.29 is 9.84 Å². The summed E-state index contributed by atoms with van der Waals surface area (Å²) in [6.45, 7) is 5.42. The second-order valence-corrected chi connectivity index (χ2v) is 6.85. The monoisotopic (exact) mass is 416 g/mol. The van der Waals surface area contributed by atoms with E-state index in [0.29, 0.717) is 16.0 Å². The fourth-order valence-corrected chi connectivity index (χ4v) is 4.06. The van der Waals surface area contributed by atoms with Crippen LogP contribution < -0.4 is 5.32 Å². The Morgan fingerprint density at radius 1 is 1.12 bits per heavy atom. The van der Waals surface area contributed by atoms with Crippen LogP contribution in [0.4, 0.5) is 0 Å². The van der Waals surface area contributed by atoms with Crippen molar-refractivity contribution in [1.29, 1.82) is 0 Å². The molecule has 1 atom stereocenters. The maximum Gasteiger partial charge on any atom is 0.139 e. The summed E-state index contributed by atoms with van der Waals surface area (Å²) in [6, 6.07) is 3.60. The quantitative estimate of drug-likeness (QED) is 0.782. The van der Waals surface area contributed by atoms with Crippen molar-refractivity contribution >= 4 is 48.0 Å². The average molecular weight is 418 g/mol. The lowest BCUT2D eigenvalue weighted by Gasteiger charge is -2.41. The molecule has 0 amide bonds. The van der Waals surface area contributed by atoms with Crippen LogP contribution in [-0.4, -0.2) is 49.4 Å². The minimum absolute atomic E-state index is 0. The Labute approximate surface area is 165 Å². The lowest BCUT2D eigenvalue weighted by molar-refractivity contribution is 0.0206. The van der Waals surface area contributed by atoms with Gasteiger partial charge in [0.2, 0.25) is 0 Å². The zero-order valence-electron chi connectivity index (χ0n) is 13.3. The van der Waals surface area contributed by atoms with Crippen molar-refractivity contribution in [3.63, 3.8) is 0 Å². The van der Waals surface area contributed by atoms with E-state index in [0.717, 1.165) is 57.8 Å². The van der Waals surface area contributed by atoms with Gasteiger partial charge in [0.15, 0.2) is 0 Å². The molecule has 0 radical (unpaired) electrons. The summed E-state index contributed by atoms with van der Waals surface area (Å²) in [5.41, 5.74) is 0.853. The first-order chi connectivity index (χ1) is 10.7. The first-order valence-electron chi connectivity index (χ1n) is 7.87. The van der Waals surface area contributed by atoms with Crippen molar-refractivity contribution in [2.75, 3.05) is 39.4 Å². The van der Waals surface area contributed by atoms with Crippen molar-refractivity contribution in [2.24, 2.45) is 5.92 Å². The maximum absolute atomic E-state index is 10.5. The van der Waals surface area contributed by atoms with Crippen LogP contribution in [0.3, 0.4) is 0 Å². The second-order valence-electron chi connectivity index (χ2n) is 6.01. The number of nitrogens with zero attached hydrogens (tertiary/aromatic N) is 1. The Hall–Kier alpha value is 0.0600. The lowest BCUT2D eigenvalue weighted by atomic mass is 9.85. The molecule has 8 heteroatoms. The number of hydrogen-bond donors (Lipinski definition) is 2. The van der Waals surface area contributed by atoms with Gasteiger partial charge in [0.1, 0.15) is 5.75 Å². The topological polar surface area (TPSA) is 44.7 Å². The first-order valence-corrected chi connectivity index (χ1v) is 8.63. The van der Waals surface area contributed by atoms with E-state index in [-0.39, 0.29) is 36.6 Å². The van der Waals surface area contributed by atoms with Crippen LogP contribution in [0.25, 0.3) is 0 Å². The average Bonchev–Trinajstić information content (AvgIpc) is 2.54. The molecule has 2 saturated heterocycles. The molecule has 3 rings (SSSR count). The number of piperazine rings is 1. The third-order valence-corrected chi connectivity index (χ3v) is 5.14. The molecular formula is C16H24Cl4N2O2. The molecular weight excluding hydrogens is 394 g/mol. The Balaban J connectivity index is 0.00000144. The Bertz CT molecular complexity index is 503.